The highest BCUT2D eigenvalue weighted by atomic mass is 15.2. The van der Waals surface area contributed by atoms with Crippen LogP contribution < -0.4 is 26.2 Å². The fraction of sp³-hybridized carbons (Fsp3) is 0.462. The van der Waals surface area contributed by atoms with Crippen molar-refractivity contribution in [2.45, 2.75) is 226 Å². The maximum atomic E-state index is 2.76. The second-order valence-electron chi connectivity index (χ2n) is 32.0. The molecule has 2 heterocycles. The molecule has 13 rings (SSSR count). The van der Waals surface area contributed by atoms with Crippen LogP contribution in [0.1, 0.15) is 229 Å². The minimum atomic E-state index is -0.0236. The first kappa shape index (κ1) is 54.5. The predicted octanol–water partition coefficient (Wildman–Crippen LogP) is 19.5. The average molecular weight is 1070 g/mol. The molecule has 6 aliphatic rings. The maximum Gasteiger partial charge on any atom is 0.252 e. The summed E-state index contributed by atoms with van der Waals surface area (Å²) in [5.41, 5.74) is 31.7. The topological polar surface area (TPSA) is 6.48 Å². The molecule has 0 saturated heterocycles. The molecule has 7 aromatic carbocycles. The summed E-state index contributed by atoms with van der Waals surface area (Å²) in [6, 6.07) is 49.9. The van der Waals surface area contributed by atoms with Gasteiger partial charge in [-0.2, -0.15) is 0 Å². The van der Waals surface area contributed by atoms with Gasteiger partial charge in [0.1, 0.15) is 0 Å². The van der Waals surface area contributed by atoms with Crippen LogP contribution in [-0.4, -0.2) is 6.71 Å². The van der Waals surface area contributed by atoms with Crippen molar-refractivity contribution < 1.29 is 0 Å². The largest absolute Gasteiger partial charge is 0.311 e. The number of anilines is 6. The third kappa shape index (κ3) is 8.20. The highest BCUT2D eigenvalue weighted by Crippen LogP contribution is 2.67. The minimum Gasteiger partial charge on any atom is -0.311 e. The molecule has 2 aliphatic heterocycles. The van der Waals surface area contributed by atoms with Crippen LogP contribution >= 0.6 is 0 Å². The molecule has 1 fully saturated rings. The quantitative estimate of drug-likeness (QED) is 0.153. The molecule has 0 aromatic heterocycles. The summed E-state index contributed by atoms with van der Waals surface area (Å²) in [5.74, 6) is 0.508. The minimum absolute atomic E-state index is 0.0236. The zero-order valence-corrected chi connectivity index (χ0v) is 53.0. The molecule has 0 radical (unpaired) electrons. The molecule has 2 nitrogen and oxygen atoms in total. The Bertz CT molecular complexity index is 3740. The van der Waals surface area contributed by atoms with Gasteiger partial charge < -0.3 is 9.80 Å². The summed E-state index contributed by atoms with van der Waals surface area (Å²) in [6.45, 7) is 44.3. The lowest BCUT2D eigenvalue weighted by molar-refractivity contribution is 0.0763. The van der Waals surface area contributed by atoms with Gasteiger partial charge in [-0.05, 0) is 234 Å². The van der Waals surface area contributed by atoms with E-state index in [1.54, 1.807) is 11.1 Å². The molecule has 7 aromatic rings. The molecule has 418 valence electrons. The second-order valence-corrected chi connectivity index (χ2v) is 32.0. The Labute approximate surface area is 489 Å². The van der Waals surface area contributed by atoms with Crippen LogP contribution in [0.15, 0.2) is 121 Å². The highest BCUT2D eigenvalue weighted by molar-refractivity contribution is 7.00. The van der Waals surface area contributed by atoms with Gasteiger partial charge in [0.15, 0.2) is 0 Å². The van der Waals surface area contributed by atoms with Gasteiger partial charge in [-0.25, -0.2) is 0 Å². The van der Waals surface area contributed by atoms with E-state index >= 15 is 0 Å². The van der Waals surface area contributed by atoms with Crippen molar-refractivity contribution in [2.75, 3.05) is 9.80 Å². The molecule has 3 atom stereocenters. The molecular weight excluding hydrogens is 976 g/mol. The van der Waals surface area contributed by atoms with Crippen LogP contribution in [0, 0.1) is 19.3 Å². The molecule has 0 amide bonds. The van der Waals surface area contributed by atoms with Gasteiger partial charge in [0.2, 0.25) is 0 Å². The van der Waals surface area contributed by atoms with Crippen LogP contribution in [0.5, 0.6) is 0 Å². The summed E-state index contributed by atoms with van der Waals surface area (Å²) >= 11 is 0. The number of fused-ring (bicyclic) bond motifs is 9. The van der Waals surface area contributed by atoms with Crippen LogP contribution in [0.3, 0.4) is 0 Å². The van der Waals surface area contributed by atoms with Crippen molar-refractivity contribution in [3.05, 3.63) is 183 Å². The smallest absolute Gasteiger partial charge is 0.252 e. The van der Waals surface area contributed by atoms with Gasteiger partial charge in [0.05, 0.1) is 5.69 Å². The first-order valence-electron chi connectivity index (χ1n) is 31.5. The number of nitrogens with zero attached hydrogens (tertiary/aromatic N) is 2. The molecule has 3 unspecified atom stereocenters. The first-order valence-corrected chi connectivity index (χ1v) is 31.5. The summed E-state index contributed by atoms with van der Waals surface area (Å²) < 4.78 is 0. The SMILES string of the molecule is Cc1cc2c3c(c1)N(c1ccc(C(C)(C)C)cc1-c1ccccc1)c1cc(CCC4c5ccc(C(C)(C)C)cc5C5(C)CCCCC45C)ccc1B3c1cc3c(cc1N2c1cc2c(cc1C)C(C)(C)CCC2(C)C)C(C)(C)CC3(C)C. The fourth-order valence-corrected chi connectivity index (χ4v) is 17.8. The second kappa shape index (κ2) is 17.9. The van der Waals surface area contributed by atoms with E-state index < -0.39 is 0 Å². The standard InChI is InChI=1S/C78H93BN2/c1-48-38-68-70-69(39-48)81(65-45-60-58(40-49(65)2)73(9,10)36-37-74(60,11)12)67-46-61-59(75(13,14)47-76(61,15)16)44-63(67)79(70)62-32-27-50(41-66(62)80(68)64-33-29-52(71(3,4)5)42-55(64)51-24-20-19-21-25-51)26-31-56-54-30-28-53(72(6,7)8)43-57(54)78(18)35-23-22-34-77(56,78)17/h19-21,24-25,27-30,32-33,38-46,56H,22-23,26,31,34-37,47H2,1-18H3. The molecular formula is C78H93BN2. The predicted molar refractivity (Wildman–Crippen MR) is 350 cm³/mol. The van der Waals surface area contributed by atoms with Crippen LogP contribution in [0.25, 0.3) is 11.1 Å². The van der Waals surface area contributed by atoms with E-state index in [4.69, 9.17) is 0 Å². The number of aryl methyl sites for hydroxylation is 3. The lowest BCUT2D eigenvalue weighted by Crippen LogP contribution is -2.61. The van der Waals surface area contributed by atoms with Gasteiger partial charge in [-0.3, -0.25) is 0 Å². The molecule has 0 bridgehead atoms. The zero-order chi connectivity index (χ0) is 57.5. The van der Waals surface area contributed by atoms with Gasteiger partial charge in [-0.1, -0.05) is 202 Å². The Balaban J connectivity index is 1.06. The Morgan fingerprint density at radius 3 is 1.72 bits per heavy atom. The number of benzene rings is 7. The van der Waals surface area contributed by atoms with Crippen molar-refractivity contribution in [1.82, 2.24) is 0 Å². The van der Waals surface area contributed by atoms with Gasteiger partial charge in [0.25, 0.3) is 6.71 Å². The maximum absolute atomic E-state index is 2.76. The number of rotatable bonds is 6. The summed E-state index contributed by atoms with van der Waals surface area (Å²) in [4.78, 5) is 5.50. The zero-order valence-electron chi connectivity index (χ0n) is 53.0. The van der Waals surface area contributed by atoms with E-state index in [1.165, 1.54) is 150 Å². The molecule has 4 aliphatic carbocycles. The van der Waals surface area contributed by atoms with Crippen LogP contribution in [0.2, 0.25) is 0 Å². The number of hydrogen-bond donors (Lipinski definition) is 0. The normalized spacial score (nSPS) is 23.2. The van der Waals surface area contributed by atoms with E-state index in [9.17, 15) is 0 Å². The molecule has 81 heavy (non-hydrogen) atoms. The van der Waals surface area contributed by atoms with Crippen LogP contribution in [-0.2, 0) is 44.3 Å². The Hall–Kier alpha value is -5.80. The van der Waals surface area contributed by atoms with Crippen molar-refractivity contribution in [1.29, 1.82) is 0 Å². The third-order valence-electron chi connectivity index (χ3n) is 22.6. The van der Waals surface area contributed by atoms with E-state index in [0.717, 1.165) is 19.3 Å². The lowest BCUT2D eigenvalue weighted by Gasteiger charge is -2.49. The van der Waals surface area contributed by atoms with Gasteiger partial charge in [-0.15, -0.1) is 0 Å². The van der Waals surface area contributed by atoms with Crippen molar-refractivity contribution in [2.24, 2.45) is 5.41 Å². The fourth-order valence-electron chi connectivity index (χ4n) is 17.8. The molecule has 3 heteroatoms. The van der Waals surface area contributed by atoms with E-state index in [-0.39, 0.29) is 50.0 Å². The number of hydrogen-bond acceptors (Lipinski definition) is 2. The third-order valence-corrected chi connectivity index (χ3v) is 22.6. The summed E-state index contributed by atoms with van der Waals surface area (Å²) in [7, 11) is 0. The van der Waals surface area contributed by atoms with E-state index in [1.807, 2.05) is 0 Å². The first-order chi connectivity index (χ1) is 37.9. The Morgan fingerprint density at radius 2 is 1.05 bits per heavy atom. The molecule has 0 N–H and O–H groups in total. The van der Waals surface area contributed by atoms with Crippen molar-refractivity contribution in [3.63, 3.8) is 0 Å². The Kier molecular flexibility index (Phi) is 12.0. The molecule has 0 spiro atoms. The summed E-state index contributed by atoms with van der Waals surface area (Å²) in [6.07, 6.45) is 10.9. The Morgan fingerprint density at radius 1 is 0.481 bits per heavy atom. The highest BCUT2D eigenvalue weighted by Gasteiger charge is 2.58. The van der Waals surface area contributed by atoms with Gasteiger partial charge in [0, 0.05) is 34.0 Å². The van der Waals surface area contributed by atoms with E-state index in [0.29, 0.717) is 5.92 Å². The molecule has 1 saturated carbocycles. The monoisotopic (exact) mass is 1070 g/mol. The summed E-state index contributed by atoms with van der Waals surface area (Å²) in [5, 5.41) is 0. The van der Waals surface area contributed by atoms with Gasteiger partial charge >= 0.3 is 0 Å². The van der Waals surface area contributed by atoms with Crippen LogP contribution in [0.4, 0.5) is 34.1 Å². The average Bonchev–Trinajstić information content (AvgIpc) is 3.91. The van der Waals surface area contributed by atoms with Crippen molar-refractivity contribution in [3.8, 4) is 11.1 Å². The lowest BCUT2D eigenvalue weighted by atomic mass is 9.33. The van der Waals surface area contributed by atoms with Crippen molar-refractivity contribution >= 4 is 57.2 Å². The van der Waals surface area contributed by atoms with E-state index in [2.05, 4.69) is 256 Å².